The van der Waals surface area contributed by atoms with Crippen LogP contribution in [0.1, 0.15) is 16.5 Å². The molecule has 0 aliphatic carbocycles. The minimum Gasteiger partial charge on any atom is -0.323 e. The third-order valence-electron chi connectivity index (χ3n) is 2.43. The van der Waals surface area contributed by atoms with E-state index < -0.39 is 0 Å². The maximum atomic E-state index is 13.4. The second kappa shape index (κ2) is 5.67. The van der Waals surface area contributed by atoms with Gasteiger partial charge < -0.3 is 5.73 Å². The van der Waals surface area contributed by atoms with Crippen molar-refractivity contribution in [2.45, 2.75) is 17.9 Å². The van der Waals surface area contributed by atoms with E-state index in [2.05, 4.69) is 18.4 Å². The molecule has 2 rings (SSSR count). The van der Waals surface area contributed by atoms with Crippen LogP contribution in [0.4, 0.5) is 4.39 Å². The van der Waals surface area contributed by atoms with Gasteiger partial charge in [-0.25, -0.2) is 4.39 Å². The number of aryl methyl sites for hydroxylation is 1. The predicted molar refractivity (Wildman–Crippen MR) is 73.1 cm³/mol. The lowest BCUT2D eigenvalue weighted by Gasteiger charge is -2.09. The number of hydrogen-bond donors (Lipinski definition) is 1. The highest BCUT2D eigenvalue weighted by Crippen LogP contribution is 2.27. The number of halogens is 1. The lowest BCUT2D eigenvalue weighted by atomic mass is 10.2. The molecule has 1 unspecified atom stereocenters. The molecule has 0 saturated carbocycles. The molecule has 0 spiro atoms. The summed E-state index contributed by atoms with van der Waals surface area (Å²) < 4.78 is 13.4. The molecule has 90 valence electrons. The van der Waals surface area contributed by atoms with Crippen molar-refractivity contribution in [3.8, 4) is 0 Å². The summed E-state index contributed by atoms with van der Waals surface area (Å²) in [6, 6.07) is 8.85. The third kappa shape index (κ3) is 3.31. The largest absolute Gasteiger partial charge is 0.323 e. The number of thiophene rings is 1. The zero-order chi connectivity index (χ0) is 12.3. The van der Waals surface area contributed by atoms with Crippen LogP contribution in [0, 0.1) is 12.7 Å². The van der Waals surface area contributed by atoms with Gasteiger partial charge in [0.05, 0.1) is 0 Å². The first kappa shape index (κ1) is 12.6. The predicted octanol–water partition coefficient (Wildman–Crippen LogP) is 3.99. The monoisotopic (exact) mass is 267 g/mol. The molecular formula is C13H14FNS2. The van der Waals surface area contributed by atoms with E-state index in [1.165, 1.54) is 22.7 Å². The Morgan fingerprint density at radius 1 is 1.41 bits per heavy atom. The molecule has 2 N–H and O–H groups in total. The maximum Gasteiger partial charge on any atom is 0.136 e. The number of thioether (sulfide) groups is 1. The van der Waals surface area contributed by atoms with Crippen LogP contribution < -0.4 is 5.73 Å². The summed E-state index contributed by atoms with van der Waals surface area (Å²) in [6.45, 7) is 2.06. The molecule has 0 aliphatic rings. The fraction of sp³-hybridized carbons (Fsp3) is 0.231. The number of rotatable bonds is 4. The molecule has 4 heteroatoms. The van der Waals surface area contributed by atoms with Crippen LogP contribution in [-0.4, -0.2) is 5.75 Å². The van der Waals surface area contributed by atoms with E-state index in [9.17, 15) is 4.39 Å². The first-order valence-electron chi connectivity index (χ1n) is 5.35. The number of benzene rings is 1. The van der Waals surface area contributed by atoms with Crippen molar-refractivity contribution in [3.05, 3.63) is 52.0 Å². The Balaban J connectivity index is 1.97. The average molecular weight is 267 g/mol. The summed E-state index contributed by atoms with van der Waals surface area (Å²) in [5, 5.41) is 2.07. The van der Waals surface area contributed by atoms with Crippen molar-refractivity contribution >= 4 is 23.1 Å². The van der Waals surface area contributed by atoms with Gasteiger partial charge in [-0.1, -0.05) is 12.1 Å². The van der Waals surface area contributed by atoms with E-state index in [1.807, 2.05) is 6.07 Å². The lowest BCUT2D eigenvalue weighted by Crippen LogP contribution is -2.12. The Kier molecular flexibility index (Phi) is 4.20. The molecule has 1 nitrogen and oxygen atoms in total. The molecule has 0 radical (unpaired) electrons. The van der Waals surface area contributed by atoms with Crippen molar-refractivity contribution < 1.29 is 4.39 Å². The van der Waals surface area contributed by atoms with Gasteiger partial charge in [0.25, 0.3) is 0 Å². The van der Waals surface area contributed by atoms with Crippen LogP contribution in [0.3, 0.4) is 0 Å². The minimum atomic E-state index is -0.175. The van der Waals surface area contributed by atoms with Crippen molar-refractivity contribution in [3.63, 3.8) is 0 Å². The smallest absolute Gasteiger partial charge is 0.136 e. The van der Waals surface area contributed by atoms with Gasteiger partial charge in [-0.05, 0) is 36.1 Å². The molecule has 0 aliphatic heterocycles. The summed E-state index contributed by atoms with van der Waals surface area (Å²) >= 11 is 3.16. The Morgan fingerprint density at radius 3 is 2.82 bits per heavy atom. The van der Waals surface area contributed by atoms with Gasteiger partial charge in [0.15, 0.2) is 0 Å². The quantitative estimate of drug-likeness (QED) is 0.848. The summed E-state index contributed by atoms with van der Waals surface area (Å²) in [5.41, 5.74) is 7.21. The van der Waals surface area contributed by atoms with Gasteiger partial charge in [0.1, 0.15) is 5.82 Å². The van der Waals surface area contributed by atoms with Crippen LogP contribution in [0.2, 0.25) is 0 Å². The van der Waals surface area contributed by atoms with Gasteiger partial charge in [-0.3, -0.25) is 0 Å². The zero-order valence-corrected chi connectivity index (χ0v) is 11.2. The lowest BCUT2D eigenvalue weighted by molar-refractivity contribution is 0.602. The van der Waals surface area contributed by atoms with Crippen LogP contribution in [-0.2, 0) is 0 Å². The second-order valence-corrected chi connectivity index (χ2v) is 6.02. The summed E-state index contributed by atoms with van der Waals surface area (Å²) in [5.74, 6) is 0.517. The highest BCUT2D eigenvalue weighted by molar-refractivity contribution is 7.99. The van der Waals surface area contributed by atoms with E-state index in [-0.39, 0.29) is 11.9 Å². The van der Waals surface area contributed by atoms with E-state index in [0.29, 0.717) is 10.6 Å². The highest BCUT2D eigenvalue weighted by atomic mass is 32.2. The summed E-state index contributed by atoms with van der Waals surface area (Å²) in [7, 11) is 0. The Morgan fingerprint density at radius 2 is 2.18 bits per heavy atom. The van der Waals surface area contributed by atoms with Crippen LogP contribution in [0.5, 0.6) is 0 Å². The zero-order valence-electron chi connectivity index (χ0n) is 9.52. The molecule has 2 aromatic rings. The number of hydrogen-bond acceptors (Lipinski definition) is 3. The molecule has 0 amide bonds. The SMILES string of the molecule is Cc1cc(C(N)CSc2ccccc2F)cs1. The first-order valence-corrected chi connectivity index (χ1v) is 7.21. The molecule has 1 aromatic heterocycles. The third-order valence-corrected chi connectivity index (χ3v) is 4.48. The molecular weight excluding hydrogens is 253 g/mol. The summed E-state index contributed by atoms with van der Waals surface area (Å²) in [4.78, 5) is 1.92. The normalized spacial score (nSPS) is 12.6. The highest BCUT2D eigenvalue weighted by Gasteiger charge is 2.09. The van der Waals surface area contributed by atoms with Crippen molar-refractivity contribution in [2.24, 2.45) is 5.73 Å². The van der Waals surface area contributed by atoms with Crippen molar-refractivity contribution in [1.82, 2.24) is 0 Å². The van der Waals surface area contributed by atoms with Crippen LogP contribution >= 0.6 is 23.1 Å². The Hall–Kier alpha value is -0.840. The van der Waals surface area contributed by atoms with E-state index >= 15 is 0 Å². The Labute approximate surface area is 109 Å². The average Bonchev–Trinajstić information content (AvgIpc) is 2.74. The van der Waals surface area contributed by atoms with Gasteiger partial charge >= 0.3 is 0 Å². The minimum absolute atomic E-state index is 0.0374. The van der Waals surface area contributed by atoms with E-state index in [4.69, 9.17) is 5.73 Å². The standard InChI is InChI=1S/C13H14FNS2/c1-9-6-10(7-16-9)12(15)8-17-13-5-3-2-4-11(13)14/h2-7,12H,8,15H2,1H3. The molecule has 0 saturated heterocycles. The fourth-order valence-corrected chi connectivity index (χ4v) is 3.20. The molecule has 0 bridgehead atoms. The topological polar surface area (TPSA) is 26.0 Å². The molecule has 1 aromatic carbocycles. The maximum absolute atomic E-state index is 13.4. The molecule has 1 atom stereocenters. The molecule has 1 heterocycles. The summed E-state index contributed by atoms with van der Waals surface area (Å²) in [6.07, 6.45) is 0. The Bertz CT molecular complexity index is 496. The van der Waals surface area contributed by atoms with Gasteiger partial charge in [0, 0.05) is 21.6 Å². The fourth-order valence-electron chi connectivity index (χ4n) is 1.50. The van der Waals surface area contributed by atoms with Crippen LogP contribution in [0.25, 0.3) is 0 Å². The van der Waals surface area contributed by atoms with Crippen molar-refractivity contribution in [1.29, 1.82) is 0 Å². The number of nitrogens with two attached hydrogens (primary N) is 1. The van der Waals surface area contributed by atoms with E-state index in [0.717, 1.165) is 5.56 Å². The second-order valence-electron chi connectivity index (χ2n) is 3.84. The molecule has 17 heavy (non-hydrogen) atoms. The van der Waals surface area contributed by atoms with E-state index in [1.54, 1.807) is 23.5 Å². The van der Waals surface area contributed by atoms with Gasteiger partial charge in [-0.2, -0.15) is 0 Å². The van der Waals surface area contributed by atoms with Crippen LogP contribution in [0.15, 0.2) is 40.6 Å². The first-order chi connectivity index (χ1) is 8.16. The van der Waals surface area contributed by atoms with Gasteiger partial charge in [-0.15, -0.1) is 23.1 Å². The van der Waals surface area contributed by atoms with Gasteiger partial charge in [0.2, 0.25) is 0 Å². The van der Waals surface area contributed by atoms with Crippen molar-refractivity contribution in [2.75, 3.05) is 5.75 Å². The molecule has 0 fully saturated rings.